The molecule has 0 bridgehead atoms. The Hall–Kier alpha value is -0.810. The molecule has 1 amide bonds. The Morgan fingerprint density at radius 1 is 1.50 bits per heavy atom. The summed E-state index contributed by atoms with van der Waals surface area (Å²) in [7, 11) is 0. The summed E-state index contributed by atoms with van der Waals surface area (Å²) in [6.45, 7) is 9.16. The summed E-state index contributed by atoms with van der Waals surface area (Å²) in [5.74, 6) is -0.0686. The molecule has 0 fully saturated rings. The molecule has 1 rings (SSSR count). The molecule has 1 N–H and O–H groups in total. The zero-order chi connectivity index (χ0) is 13.7. The number of carbonyl (C=O) groups is 1. The Morgan fingerprint density at radius 3 is 2.72 bits per heavy atom. The molecule has 5 heteroatoms. The summed E-state index contributed by atoms with van der Waals surface area (Å²) in [4.78, 5) is 12.1. The van der Waals surface area contributed by atoms with Crippen molar-refractivity contribution in [3.05, 3.63) is 22.4 Å². The Morgan fingerprint density at radius 2 is 2.17 bits per heavy atom. The molecule has 0 aromatic carbocycles. The number of nitrogens with zero attached hydrogens (tertiary/aromatic N) is 1. The van der Waals surface area contributed by atoms with Crippen LogP contribution in [0.5, 0.6) is 0 Å². The zero-order valence-electron chi connectivity index (χ0n) is 11.4. The van der Waals surface area contributed by atoms with E-state index in [9.17, 15) is 4.79 Å². The maximum Gasteiger partial charge on any atom is 0.268 e. The molecule has 1 atom stereocenters. The van der Waals surface area contributed by atoms with Crippen molar-refractivity contribution < 1.29 is 9.53 Å². The monoisotopic (exact) mass is 316 g/mol. The molecule has 102 valence electrons. The maximum atomic E-state index is 12.1. The quantitative estimate of drug-likeness (QED) is 0.876. The van der Waals surface area contributed by atoms with Crippen molar-refractivity contribution in [2.75, 3.05) is 13.2 Å². The highest BCUT2D eigenvalue weighted by Gasteiger charge is 2.15. The molecule has 0 spiro atoms. The third-order valence-electron chi connectivity index (χ3n) is 2.61. The number of amides is 1. The van der Waals surface area contributed by atoms with Crippen LogP contribution in [0.3, 0.4) is 0 Å². The van der Waals surface area contributed by atoms with Crippen molar-refractivity contribution in [3.8, 4) is 0 Å². The lowest BCUT2D eigenvalue weighted by atomic mass is 10.3. The van der Waals surface area contributed by atoms with Gasteiger partial charge in [-0.05, 0) is 49.7 Å². The first-order valence-corrected chi connectivity index (χ1v) is 7.02. The highest BCUT2D eigenvalue weighted by Crippen LogP contribution is 2.19. The first kappa shape index (κ1) is 15.2. The second-order valence-electron chi connectivity index (χ2n) is 4.52. The van der Waals surface area contributed by atoms with Crippen LogP contribution in [0.4, 0.5) is 0 Å². The van der Waals surface area contributed by atoms with Gasteiger partial charge in [-0.15, -0.1) is 0 Å². The number of hydrogen-bond donors (Lipinski definition) is 1. The van der Waals surface area contributed by atoms with Crippen LogP contribution in [0.1, 0.15) is 44.2 Å². The number of halogens is 1. The molecular formula is C13H21BrN2O2. The van der Waals surface area contributed by atoms with Gasteiger partial charge in [-0.1, -0.05) is 0 Å². The van der Waals surface area contributed by atoms with Gasteiger partial charge in [-0.2, -0.15) is 0 Å². The summed E-state index contributed by atoms with van der Waals surface area (Å²) < 4.78 is 8.25. The van der Waals surface area contributed by atoms with Gasteiger partial charge in [0.15, 0.2) is 0 Å². The molecule has 1 aromatic rings. The summed E-state index contributed by atoms with van der Waals surface area (Å²) in [6.07, 6.45) is 1.95. The summed E-state index contributed by atoms with van der Waals surface area (Å²) in [5.41, 5.74) is 0.667. The van der Waals surface area contributed by atoms with Gasteiger partial charge >= 0.3 is 0 Å². The lowest BCUT2D eigenvalue weighted by molar-refractivity contribution is 0.0691. The van der Waals surface area contributed by atoms with Crippen LogP contribution in [-0.2, 0) is 4.74 Å². The van der Waals surface area contributed by atoms with E-state index >= 15 is 0 Å². The summed E-state index contributed by atoms with van der Waals surface area (Å²) in [5, 5.41) is 2.89. The molecule has 0 saturated heterocycles. The minimum atomic E-state index is -0.0686. The van der Waals surface area contributed by atoms with E-state index in [2.05, 4.69) is 21.2 Å². The molecule has 1 unspecified atom stereocenters. The SMILES string of the molecule is CCOC(C)CNC(=O)c1cc(Br)cn1C(C)C. The van der Waals surface area contributed by atoms with Crippen molar-refractivity contribution in [1.29, 1.82) is 0 Å². The van der Waals surface area contributed by atoms with E-state index in [4.69, 9.17) is 4.74 Å². The van der Waals surface area contributed by atoms with Gasteiger partial charge in [-0.3, -0.25) is 4.79 Å². The third-order valence-corrected chi connectivity index (χ3v) is 3.04. The van der Waals surface area contributed by atoms with Gasteiger partial charge in [0.2, 0.25) is 0 Å². The number of nitrogens with one attached hydrogen (secondary N) is 1. The first-order chi connectivity index (χ1) is 8.45. The lowest BCUT2D eigenvalue weighted by Crippen LogP contribution is -2.33. The third kappa shape index (κ3) is 4.14. The highest BCUT2D eigenvalue weighted by atomic mass is 79.9. The number of ether oxygens (including phenoxy) is 1. The minimum absolute atomic E-state index is 0.0323. The Bertz CT molecular complexity index is 402. The van der Waals surface area contributed by atoms with E-state index in [1.807, 2.05) is 44.5 Å². The minimum Gasteiger partial charge on any atom is -0.377 e. The van der Waals surface area contributed by atoms with Crippen LogP contribution in [0.2, 0.25) is 0 Å². The van der Waals surface area contributed by atoms with Gasteiger partial charge in [-0.25, -0.2) is 0 Å². The smallest absolute Gasteiger partial charge is 0.268 e. The van der Waals surface area contributed by atoms with Crippen LogP contribution < -0.4 is 5.32 Å². The largest absolute Gasteiger partial charge is 0.377 e. The van der Waals surface area contributed by atoms with Gasteiger partial charge in [0.25, 0.3) is 5.91 Å². The topological polar surface area (TPSA) is 43.3 Å². The van der Waals surface area contributed by atoms with Gasteiger partial charge in [0, 0.05) is 29.9 Å². The zero-order valence-corrected chi connectivity index (χ0v) is 13.0. The molecule has 1 aromatic heterocycles. The van der Waals surface area contributed by atoms with Crippen LogP contribution in [0.15, 0.2) is 16.7 Å². The fourth-order valence-corrected chi connectivity index (χ4v) is 2.16. The second kappa shape index (κ2) is 6.95. The van der Waals surface area contributed by atoms with Crippen molar-refractivity contribution in [2.45, 2.75) is 39.8 Å². The predicted octanol–water partition coefficient (Wildman–Crippen LogP) is 2.99. The standard InChI is InChI=1S/C13H21BrN2O2/c1-5-18-10(4)7-15-13(17)12-6-11(14)8-16(12)9(2)3/h6,8-10H,5,7H2,1-4H3,(H,15,17). The number of hydrogen-bond acceptors (Lipinski definition) is 2. The van der Waals surface area contributed by atoms with Gasteiger partial charge in [0.05, 0.1) is 6.10 Å². The molecule has 0 saturated carbocycles. The molecule has 0 aliphatic carbocycles. The molecule has 1 heterocycles. The van der Waals surface area contributed by atoms with Crippen molar-refractivity contribution in [2.24, 2.45) is 0 Å². The number of aromatic nitrogens is 1. The second-order valence-corrected chi connectivity index (χ2v) is 5.44. The predicted molar refractivity (Wildman–Crippen MR) is 75.9 cm³/mol. The maximum absolute atomic E-state index is 12.1. The van der Waals surface area contributed by atoms with Crippen LogP contribution in [0, 0.1) is 0 Å². The van der Waals surface area contributed by atoms with E-state index in [-0.39, 0.29) is 18.1 Å². The van der Waals surface area contributed by atoms with Gasteiger partial charge in [0.1, 0.15) is 5.69 Å². The molecule has 4 nitrogen and oxygen atoms in total. The van der Waals surface area contributed by atoms with E-state index in [1.165, 1.54) is 0 Å². The van der Waals surface area contributed by atoms with Crippen molar-refractivity contribution in [1.82, 2.24) is 9.88 Å². The number of carbonyl (C=O) groups excluding carboxylic acids is 1. The number of rotatable bonds is 6. The fraction of sp³-hybridized carbons (Fsp3) is 0.615. The van der Waals surface area contributed by atoms with Crippen molar-refractivity contribution in [3.63, 3.8) is 0 Å². The molecule has 0 aliphatic rings. The van der Waals surface area contributed by atoms with Crippen molar-refractivity contribution >= 4 is 21.8 Å². The molecule has 0 radical (unpaired) electrons. The average Bonchev–Trinajstić information content (AvgIpc) is 2.69. The van der Waals surface area contributed by atoms with E-state index in [1.54, 1.807) is 0 Å². The van der Waals surface area contributed by atoms with Crippen LogP contribution in [0.25, 0.3) is 0 Å². The Balaban J connectivity index is 2.66. The molecular weight excluding hydrogens is 296 g/mol. The molecule has 18 heavy (non-hydrogen) atoms. The Kier molecular flexibility index (Phi) is 5.88. The Labute approximate surface area is 117 Å². The van der Waals surface area contributed by atoms with E-state index in [0.717, 1.165) is 4.47 Å². The summed E-state index contributed by atoms with van der Waals surface area (Å²) in [6, 6.07) is 2.09. The molecule has 0 aliphatic heterocycles. The first-order valence-electron chi connectivity index (χ1n) is 6.22. The lowest BCUT2D eigenvalue weighted by Gasteiger charge is -2.15. The summed E-state index contributed by atoms with van der Waals surface area (Å²) >= 11 is 3.40. The highest BCUT2D eigenvalue weighted by molar-refractivity contribution is 9.10. The normalized spacial score (nSPS) is 12.8. The van der Waals surface area contributed by atoms with Crippen LogP contribution >= 0.6 is 15.9 Å². The van der Waals surface area contributed by atoms with E-state index < -0.39 is 0 Å². The van der Waals surface area contributed by atoms with E-state index in [0.29, 0.717) is 18.8 Å². The van der Waals surface area contributed by atoms with Gasteiger partial charge < -0.3 is 14.6 Å². The average molecular weight is 317 g/mol. The fourth-order valence-electron chi connectivity index (χ4n) is 1.73. The van der Waals surface area contributed by atoms with Crippen LogP contribution in [-0.4, -0.2) is 29.7 Å².